The van der Waals surface area contributed by atoms with Crippen LogP contribution in [0.5, 0.6) is 0 Å². The first-order valence-electron chi connectivity index (χ1n) is 7.86. The molecule has 0 amide bonds. The van der Waals surface area contributed by atoms with Gasteiger partial charge in [-0.3, -0.25) is 0 Å². The Bertz CT molecular complexity index is 395. The summed E-state index contributed by atoms with van der Waals surface area (Å²) in [5.41, 5.74) is 1.41. The highest BCUT2D eigenvalue weighted by atomic mass is 15.2. The number of nitrogens with zero attached hydrogens (tertiary/aromatic N) is 3. The maximum absolute atomic E-state index is 4.43. The number of likely N-dealkylation sites (N-methyl/N-ethyl adjacent to an activating group) is 1. The van der Waals surface area contributed by atoms with Gasteiger partial charge in [0, 0.05) is 24.8 Å². The number of nitrogens with one attached hydrogen (secondary N) is 1. The third-order valence-corrected chi connectivity index (χ3v) is 4.68. The van der Waals surface area contributed by atoms with Crippen molar-refractivity contribution in [2.24, 2.45) is 0 Å². The Labute approximate surface area is 116 Å². The summed E-state index contributed by atoms with van der Waals surface area (Å²) in [6.45, 7) is 7.04. The summed E-state index contributed by atoms with van der Waals surface area (Å²) in [6, 6.07) is 1.14. The molecule has 4 heteroatoms. The third-order valence-electron chi connectivity index (χ3n) is 4.68. The van der Waals surface area contributed by atoms with Crippen LogP contribution < -0.4 is 5.32 Å². The molecule has 2 fully saturated rings. The van der Waals surface area contributed by atoms with E-state index in [2.05, 4.69) is 39.2 Å². The molecular weight excluding hydrogens is 236 g/mol. The molecule has 4 nitrogen and oxygen atoms in total. The van der Waals surface area contributed by atoms with E-state index in [1.807, 2.05) is 0 Å². The van der Waals surface area contributed by atoms with Crippen molar-refractivity contribution < 1.29 is 0 Å². The molecule has 2 atom stereocenters. The minimum absolute atomic E-state index is 0.522. The van der Waals surface area contributed by atoms with Crippen molar-refractivity contribution in [3.63, 3.8) is 0 Å². The van der Waals surface area contributed by atoms with E-state index in [1.54, 1.807) is 0 Å². The number of aromatic nitrogens is 2. The van der Waals surface area contributed by atoms with E-state index >= 15 is 0 Å². The quantitative estimate of drug-likeness (QED) is 0.908. The Morgan fingerprint density at radius 3 is 3.05 bits per heavy atom. The molecule has 2 aliphatic heterocycles. The van der Waals surface area contributed by atoms with Gasteiger partial charge in [-0.2, -0.15) is 0 Å². The van der Waals surface area contributed by atoms with Gasteiger partial charge in [0.2, 0.25) is 0 Å². The van der Waals surface area contributed by atoms with Gasteiger partial charge in [-0.1, -0.05) is 13.3 Å². The minimum atomic E-state index is 0.522. The molecule has 0 aromatic carbocycles. The Morgan fingerprint density at radius 1 is 1.32 bits per heavy atom. The van der Waals surface area contributed by atoms with Gasteiger partial charge < -0.3 is 14.8 Å². The smallest absolute Gasteiger partial charge is 0.0951 e. The zero-order valence-corrected chi connectivity index (χ0v) is 12.0. The van der Waals surface area contributed by atoms with Gasteiger partial charge in [-0.15, -0.1) is 0 Å². The maximum Gasteiger partial charge on any atom is 0.0951 e. The van der Waals surface area contributed by atoms with Gasteiger partial charge in [0.05, 0.1) is 12.0 Å². The van der Waals surface area contributed by atoms with Crippen LogP contribution in [0.1, 0.15) is 56.8 Å². The maximum atomic E-state index is 4.43. The summed E-state index contributed by atoms with van der Waals surface area (Å²) >= 11 is 0. The highest BCUT2D eigenvalue weighted by molar-refractivity contribution is 5.08. The number of hydrogen-bond acceptors (Lipinski definition) is 3. The zero-order valence-electron chi connectivity index (χ0n) is 12.0. The van der Waals surface area contributed by atoms with E-state index in [0.29, 0.717) is 12.1 Å². The van der Waals surface area contributed by atoms with Crippen LogP contribution in [-0.4, -0.2) is 40.6 Å². The summed E-state index contributed by atoms with van der Waals surface area (Å²) in [5, 5.41) is 3.65. The van der Waals surface area contributed by atoms with Crippen molar-refractivity contribution in [2.45, 2.75) is 51.1 Å². The zero-order chi connectivity index (χ0) is 13.1. The van der Waals surface area contributed by atoms with Gasteiger partial charge in [0.25, 0.3) is 0 Å². The molecule has 3 heterocycles. The second kappa shape index (κ2) is 6.06. The van der Waals surface area contributed by atoms with Crippen LogP contribution in [0.4, 0.5) is 0 Å². The van der Waals surface area contributed by atoms with E-state index in [4.69, 9.17) is 0 Å². The number of rotatable bonds is 3. The van der Waals surface area contributed by atoms with Crippen molar-refractivity contribution in [1.82, 2.24) is 19.8 Å². The van der Waals surface area contributed by atoms with E-state index in [9.17, 15) is 0 Å². The molecule has 0 radical (unpaired) electrons. The standard InChI is InChI=1S/C15H26N4/c1-2-18-9-5-6-13(11-18)19-12-16-10-15(19)14-7-3-4-8-17-14/h10,12-14,17H,2-9,11H2,1H3. The van der Waals surface area contributed by atoms with Crippen LogP contribution in [0, 0.1) is 0 Å². The molecule has 2 unspecified atom stereocenters. The molecule has 3 rings (SSSR count). The monoisotopic (exact) mass is 262 g/mol. The number of likely N-dealkylation sites (tertiary alicyclic amines) is 1. The molecule has 0 spiro atoms. The average molecular weight is 262 g/mol. The molecule has 2 saturated heterocycles. The fourth-order valence-electron chi connectivity index (χ4n) is 3.54. The second-order valence-electron chi connectivity index (χ2n) is 5.92. The molecule has 0 bridgehead atoms. The lowest BCUT2D eigenvalue weighted by molar-refractivity contribution is 0.181. The van der Waals surface area contributed by atoms with Crippen molar-refractivity contribution in [1.29, 1.82) is 0 Å². The Hall–Kier alpha value is -0.870. The molecule has 0 aliphatic carbocycles. The van der Waals surface area contributed by atoms with Crippen LogP contribution in [0.15, 0.2) is 12.5 Å². The topological polar surface area (TPSA) is 33.1 Å². The van der Waals surface area contributed by atoms with Crippen molar-refractivity contribution in [2.75, 3.05) is 26.2 Å². The van der Waals surface area contributed by atoms with E-state index in [0.717, 1.165) is 6.54 Å². The molecule has 106 valence electrons. The molecule has 1 N–H and O–H groups in total. The van der Waals surface area contributed by atoms with Crippen LogP contribution in [0.3, 0.4) is 0 Å². The highest BCUT2D eigenvalue weighted by Crippen LogP contribution is 2.28. The first-order chi connectivity index (χ1) is 9.38. The van der Waals surface area contributed by atoms with Crippen molar-refractivity contribution in [3.05, 3.63) is 18.2 Å². The lowest BCUT2D eigenvalue weighted by Crippen LogP contribution is -2.37. The van der Waals surface area contributed by atoms with Gasteiger partial charge in [0.15, 0.2) is 0 Å². The molecule has 1 aromatic heterocycles. The average Bonchev–Trinajstić information content (AvgIpc) is 2.98. The van der Waals surface area contributed by atoms with Crippen LogP contribution in [-0.2, 0) is 0 Å². The SMILES string of the molecule is CCN1CCCC(n2cncc2C2CCCCN2)C1. The summed E-state index contributed by atoms with van der Waals surface area (Å²) in [7, 11) is 0. The molecule has 0 saturated carbocycles. The predicted octanol–water partition coefficient (Wildman–Crippen LogP) is 2.35. The normalized spacial score (nSPS) is 29.5. The Kier molecular flexibility index (Phi) is 4.18. The summed E-state index contributed by atoms with van der Waals surface area (Å²) < 4.78 is 2.45. The largest absolute Gasteiger partial charge is 0.329 e. The van der Waals surface area contributed by atoms with Gasteiger partial charge in [0.1, 0.15) is 0 Å². The number of piperidine rings is 2. The fraction of sp³-hybridized carbons (Fsp3) is 0.800. The first-order valence-corrected chi connectivity index (χ1v) is 7.86. The van der Waals surface area contributed by atoms with Crippen LogP contribution in [0.25, 0.3) is 0 Å². The minimum Gasteiger partial charge on any atom is -0.329 e. The van der Waals surface area contributed by atoms with E-state index in [-0.39, 0.29) is 0 Å². The molecule has 2 aliphatic rings. The second-order valence-corrected chi connectivity index (χ2v) is 5.92. The molecule has 19 heavy (non-hydrogen) atoms. The highest BCUT2D eigenvalue weighted by Gasteiger charge is 2.25. The number of hydrogen-bond donors (Lipinski definition) is 1. The summed E-state index contributed by atoms with van der Waals surface area (Å²) in [6.07, 6.45) is 10.7. The number of imidazole rings is 1. The van der Waals surface area contributed by atoms with Crippen molar-refractivity contribution >= 4 is 0 Å². The Morgan fingerprint density at radius 2 is 2.26 bits per heavy atom. The molecule has 1 aromatic rings. The van der Waals surface area contributed by atoms with E-state index < -0.39 is 0 Å². The first kappa shape index (κ1) is 13.1. The van der Waals surface area contributed by atoms with Gasteiger partial charge in [-0.25, -0.2) is 4.98 Å². The fourth-order valence-corrected chi connectivity index (χ4v) is 3.54. The Balaban J connectivity index is 1.75. The van der Waals surface area contributed by atoms with Crippen LogP contribution in [0.2, 0.25) is 0 Å². The molecular formula is C15H26N4. The van der Waals surface area contributed by atoms with E-state index in [1.165, 1.54) is 57.4 Å². The summed E-state index contributed by atoms with van der Waals surface area (Å²) in [5.74, 6) is 0. The predicted molar refractivity (Wildman–Crippen MR) is 77.2 cm³/mol. The summed E-state index contributed by atoms with van der Waals surface area (Å²) in [4.78, 5) is 6.99. The van der Waals surface area contributed by atoms with Crippen molar-refractivity contribution in [3.8, 4) is 0 Å². The van der Waals surface area contributed by atoms with Crippen LogP contribution >= 0.6 is 0 Å². The van der Waals surface area contributed by atoms with Gasteiger partial charge in [-0.05, 0) is 45.3 Å². The lowest BCUT2D eigenvalue weighted by atomic mass is 10.0. The lowest BCUT2D eigenvalue weighted by Gasteiger charge is -2.35. The third kappa shape index (κ3) is 2.84. The van der Waals surface area contributed by atoms with Gasteiger partial charge >= 0.3 is 0 Å².